The molecule has 0 fully saturated rings. The third-order valence-electron chi connectivity index (χ3n) is 3.49. The smallest absolute Gasteiger partial charge is 0.272 e. The van der Waals surface area contributed by atoms with Crippen LogP contribution in [0.15, 0.2) is 48.8 Å². The first kappa shape index (κ1) is 14.0. The van der Waals surface area contributed by atoms with Crippen LogP contribution in [0.1, 0.15) is 27.8 Å². The van der Waals surface area contributed by atoms with E-state index in [4.69, 9.17) is 0 Å². The number of hydrogen-bond acceptors (Lipinski definition) is 3. The lowest BCUT2D eigenvalue weighted by molar-refractivity contribution is 0.101. The summed E-state index contributed by atoms with van der Waals surface area (Å²) in [7, 11) is 1.74. The lowest BCUT2D eigenvalue weighted by Crippen LogP contribution is -2.15. The summed E-state index contributed by atoms with van der Waals surface area (Å²) in [6, 6.07) is 11.2. The molecule has 0 saturated heterocycles. The molecule has 5 nitrogen and oxygen atoms in total. The van der Waals surface area contributed by atoms with Crippen molar-refractivity contribution in [2.75, 3.05) is 5.32 Å². The van der Waals surface area contributed by atoms with E-state index in [1.807, 2.05) is 30.3 Å². The van der Waals surface area contributed by atoms with Crippen molar-refractivity contribution in [3.05, 3.63) is 60.0 Å². The minimum atomic E-state index is -0.271. The predicted molar refractivity (Wildman–Crippen MR) is 85.1 cm³/mol. The molecule has 1 amide bonds. The van der Waals surface area contributed by atoms with Crippen molar-refractivity contribution in [1.82, 2.24) is 9.55 Å². The number of aromatic nitrogens is 2. The van der Waals surface area contributed by atoms with Crippen molar-refractivity contribution in [2.45, 2.75) is 6.92 Å². The van der Waals surface area contributed by atoms with Gasteiger partial charge >= 0.3 is 0 Å². The topological polar surface area (TPSA) is 64.0 Å². The summed E-state index contributed by atoms with van der Waals surface area (Å²) >= 11 is 0. The summed E-state index contributed by atoms with van der Waals surface area (Å²) in [4.78, 5) is 28.0. The van der Waals surface area contributed by atoms with Gasteiger partial charge in [-0.25, -0.2) is 0 Å². The number of Topliss-reactive ketones (excluding diaryl/α,β-unsaturated/α-hetero) is 1. The molecular weight excluding hydrogens is 278 g/mol. The van der Waals surface area contributed by atoms with E-state index < -0.39 is 0 Å². The van der Waals surface area contributed by atoms with Crippen LogP contribution in [0.25, 0.3) is 10.9 Å². The summed E-state index contributed by atoms with van der Waals surface area (Å²) in [6.45, 7) is 1.48. The van der Waals surface area contributed by atoms with E-state index in [-0.39, 0.29) is 11.7 Å². The van der Waals surface area contributed by atoms with Crippen molar-refractivity contribution in [1.29, 1.82) is 0 Å². The number of anilines is 1. The molecule has 0 aliphatic heterocycles. The summed E-state index contributed by atoms with van der Waals surface area (Å²) in [5.41, 5.74) is 2.44. The molecule has 0 radical (unpaired) electrons. The lowest BCUT2D eigenvalue weighted by Gasteiger charge is -2.06. The van der Waals surface area contributed by atoms with Crippen LogP contribution >= 0.6 is 0 Å². The largest absolute Gasteiger partial charge is 0.346 e. The Morgan fingerprint density at radius 3 is 2.68 bits per heavy atom. The Labute approximate surface area is 127 Å². The number of nitrogens with zero attached hydrogens (tertiary/aromatic N) is 2. The molecule has 2 heterocycles. The number of aryl methyl sites for hydroxylation is 1. The number of pyridine rings is 1. The first-order valence-electron chi connectivity index (χ1n) is 6.88. The second-order valence-electron chi connectivity index (χ2n) is 5.15. The lowest BCUT2D eigenvalue weighted by atomic mass is 10.2. The molecule has 0 unspecified atom stereocenters. The molecular formula is C17H15N3O2. The fourth-order valence-corrected chi connectivity index (χ4v) is 2.32. The molecule has 3 aromatic rings. The minimum absolute atomic E-state index is 0.0676. The number of amides is 1. The predicted octanol–water partition coefficient (Wildman–Crippen LogP) is 3.03. The van der Waals surface area contributed by atoms with Crippen molar-refractivity contribution >= 4 is 28.3 Å². The molecule has 0 aliphatic carbocycles. The van der Waals surface area contributed by atoms with Gasteiger partial charge in [-0.05, 0) is 25.1 Å². The first-order chi connectivity index (χ1) is 10.5. The highest BCUT2D eigenvalue weighted by Gasteiger charge is 2.14. The van der Waals surface area contributed by atoms with Gasteiger partial charge in [0.15, 0.2) is 5.78 Å². The maximum Gasteiger partial charge on any atom is 0.272 e. The fourth-order valence-electron chi connectivity index (χ4n) is 2.32. The molecule has 1 N–H and O–H groups in total. The number of fused-ring (bicyclic) bond motifs is 1. The molecule has 0 spiro atoms. The highest BCUT2D eigenvalue weighted by Crippen LogP contribution is 2.17. The number of benzene rings is 1. The molecule has 0 bridgehead atoms. The molecule has 0 saturated carbocycles. The Morgan fingerprint density at radius 1 is 1.18 bits per heavy atom. The van der Waals surface area contributed by atoms with Gasteiger partial charge in [-0.1, -0.05) is 18.2 Å². The third-order valence-corrected chi connectivity index (χ3v) is 3.49. The van der Waals surface area contributed by atoms with Crippen molar-refractivity contribution in [3.63, 3.8) is 0 Å². The van der Waals surface area contributed by atoms with Gasteiger partial charge in [0.2, 0.25) is 0 Å². The van der Waals surface area contributed by atoms with Gasteiger partial charge in [-0.3, -0.25) is 14.6 Å². The minimum Gasteiger partial charge on any atom is -0.346 e. The van der Waals surface area contributed by atoms with Crippen molar-refractivity contribution in [3.8, 4) is 0 Å². The van der Waals surface area contributed by atoms with Crippen LogP contribution < -0.4 is 5.32 Å². The highest BCUT2D eigenvalue weighted by atomic mass is 16.2. The van der Waals surface area contributed by atoms with Gasteiger partial charge in [0.1, 0.15) is 5.69 Å². The van der Waals surface area contributed by atoms with E-state index in [1.165, 1.54) is 6.92 Å². The normalized spacial score (nSPS) is 10.6. The molecule has 3 rings (SSSR count). The van der Waals surface area contributed by atoms with Gasteiger partial charge in [0.05, 0.1) is 17.4 Å². The van der Waals surface area contributed by atoms with Crippen molar-refractivity contribution in [2.24, 2.45) is 7.05 Å². The van der Waals surface area contributed by atoms with E-state index in [9.17, 15) is 9.59 Å². The van der Waals surface area contributed by atoms with Crippen LogP contribution in [0.5, 0.6) is 0 Å². The van der Waals surface area contributed by atoms with E-state index in [0.29, 0.717) is 16.9 Å². The van der Waals surface area contributed by atoms with Gasteiger partial charge in [-0.15, -0.1) is 0 Å². The number of para-hydroxylation sites is 1. The number of rotatable bonds is 3. The molecule has 0 atom stereocenters. The average molecular weight is 293 g/mol. The number of carbonyl (C=O) groups is 2. The van der Waals surface area contributed by atoms with Gasteiger partial charge < -0.3 is 9.88 Å². The third kappa shape index (κ3) is 2.61. The van der Waals surface area contributed by atoms with Gasteiger partial charge in [-0.2, -0.15) is 0 Å². The van der Waals surface area contributed by atoms with E-state index in [1.54, 1.807) is 30.1 Å². The maximum atomic E-state index is 12.3. The number of carbonyl (C=O) groups excluding carboxylic acids is 2. The Kier molecular flexibility index (Phi) is 3.47. The molecule has 110 valence electrons. The molecule has 5 heteroatoms. The Bertz CT molecular complexity index is 880. The monoisotopic (exact) mass is 293 g/mol. The summed E-state index contributed by atoms with van der Waals surface area (Å²) < 4.78 is 1.64. The van der Waals surface area contributed by atoms with Crippen LogP contribution in [-0.2, 0) is 7.05 Å². The molecule has 22 heavy (non-hydrogen) atoms. The summed E-state index contributed by atoms with van der Waals surface area (Å²) in [6.07, 6.45) is 3.27. The first-order valence-corrected chi connectivity index (χ1v) is 6.88. The van der Waals surface area contributed by atoms with Crippen LogP contribution in [-0.4, -0.2) is 21.2 Å². The second-order valence-corrected chi connectivity index (χ2v) is 5.15. The summed E-state index contributed by atoms with van der Waals surface area (Å²) in [5.74, 6) is -0.339. The quantitative estimate of drug-likeness (QED) is 0.755. The standard InChI is InChI=1S/C17H15N3O2/c1-11(21)13-8-16(20(2)10-13)17(22)19-14-7-12-5-3-4-6-15(12)18-9-14/h3-10H,1-2H3,(H,19,22). The van der Waals surface area contributed by atoms with E-state index in [0.717, 1.165) is 10.9 Å². The second kappa shape index (κ2) is 5.44. The number of hydrogen-bond donors (Lipinski definition) is 1. The zero-order chi connectivity index (χ0) is 15.7. The van der Waals surface area contributed by atoms with E-state index >= 15 is 0 Å². The van der Waals surface area contributed by atoms with Crippen LogP contribution in [0.2, 0.25) is 0 Å². The van der Waals surface area contributed by atoms with Crippen molar-refractivity contribution < 1.29 is 9.59 Å². The average Bonchev–Trinajstić information content (AvgIpc) is 2.89. The zero-order valence-electron chi connectivity index (χ0n) is 12.3. The Morgan fingerprint density at radius 2 is 1.95 bits per heavy atom. The summed E-state index contributed by atoms with van der Waals surface area (Å²) in [5, 5.41) is 3.77. The zero-order valence-corrected chi connectivity index (χ0v) is 12.3. The number of nitrogens with one attached hydrogen (secondary N) is 1. The molecule has 1 aromatic carbocycles. The molecule has 2 aromatic heterocycles. The Balaban J connectivity index is 1.88. The number of ketones is 1. The van der Waals surface area contributed by atoms with Crippen LogP contribution in [0.3, 0.4) is 0 Å². The van der Waals surface area contributed by atoms with Crippen LogP contribution in [0, 0.1) is 0 Å². The SMILES string of the molecule is CC(=O)c1cc(C(=O)Nc2cnc3ccccc3c2)n(C)c1. The molecule has 0 aliphatic rings. The maximum absolute atomic E-state index is 12.3. The van der Waals surface area contributed by atoms with Gasteiger partial charge in [0.25, 0.3) is 5.91 Å². The van der Waals surface area contributed by atoms with Gasteiger partial charge in [0, 0.05) is 24.2 Å². The Hall–Kier alpha value is -2.95. The van der Waals surface area contributed by atoms with E-state index in [2.05, 4.69) is 10.3 Å². The fraction of sp³-hybridized carbons (Fsp3) is 0.118. The highest BCUT2D eigenvalue weighted by molar-refractivity contribution is 6.06. The van der Waals surface area contributed by atoms with Crippen LogP contribution in [0.4, 0.5) is 5.69 Å².